The molecule has 2 aliphatic heterocycles. The highest BCUT2D eigenvalue weighted by atomic mass is 35.5. The van der Waals surface area contributed by atoms with Gasteiger partial charge in [0.1, 0.15) is 5.82 Å². The van der Waals surface area contributed by atoms with Gasteiger partial charge < -0.3 is 4.57 Å². The van der Waals surface area contributed by atoms with Gasteiger partial charge in [-0.3, -0.25) is 4.90 Å². The third-order valence-electron chi connectivity index (χ3n) is 4.75. The first-order valence-corrected chi connectivity index (χ1v) is 8.15. The lowest BCUT2D eigenvalue weighted by atomic mass is 10.1. The molecule has 0 amide bonds. The van der Waals surface area contributed by atoms with Crippen molar-refractivity contribution in [3.63, 3.8) is 0 Å². The fourth-order valence-corrected chi connectivity index (χ4v) is 4.29. The van der Waals surface area contributed by atoms with Crippen LogP contribution in [-0.2, 0) is 5.88 Å². The largest absolute Gasteiger partial charge is 0.322 e. The van der Waals surface area contributed by atoms with Crippen LogP contribution < -0.4 is 0 Å². The molecule has 106 valence electrons. The fraction of sp³-hybridized carbons (Fsp3) is 0.533. The number of imidazole rings is 1. The van der Waals surface area contributed by atoms with Crippen LogP contribution in [0.15, 0.2) is 18.2 Å². The van der Waals surface area contributed by atoms with Crippen molar-refractivity contribution in [2.75, 3.05) is 13.1 Å². The van der Waals surface area contributed by atoms with E-state index in [1.807, 2.05) is 18.2 Å². The second-order valence-corrected chi connectivity index (χ2v) is 6.47. The number of hydrogen-bond donors (Lipinski definition) is 0. The van der Waals surface area contributed by atoms with E-state index in [1.165, 1.54) is 32.4 Å². The van der Waals surface area contributed by atoms with Gasteiger partial charge in [0, 0.05) is 17.6 Å². The highest BCUT2D eigenvalue weighted by Gasteiger charge is 2.39. The van der Waals surface area contributed by atoms with Crippen molar-refractivity contribution in [3.8, 4) is 0 Å². The fourth-order valence-electron chi connectivity index (χ4n) is 3.94. The van der Waals surface area contributed by atoms with Crippen LogP contribution in [-0.4, -0.2) is 33.6 Å². The Morgan fingerprint density at radius 2 is 2.10 bits per heavy atom. The van der Waals surface area contributed by atoms with Crippen LogP contribution in [0.2, 0.25) is 5.02 Å². The Balaban J connectivity index is 1.87. The topological polar surface area (TPSA) is 21.1 Å². The maximum atomic E-state index is 6.18. The van der Waals surface area contributed by atoms with Gasteiger partial charge in [-0.2, -0.15) is 0 Å². The zero-order chi connectivity index (χ0) is 13.7. The molecule has 0 radical (unpaired) electrons. The molecule has 4 rings (SSSR count). The van der Waals surface area contributed by atoms with Crippen molar-refractivity contribution >= 4 is 34.2 Å². The molecule has 20 heavy (non-hydrogen) atoms. The van der Waals surface area contributed by atoms with Crippen molar-refractivity contribution in [1.82, 2.24) is 14.5 Å². The summed E-state index contributed by atoms with van der Waals surface area (Å²) >= 11 is 12.3. The van der Waals surface area contributed by atoms with Crippen LogP contribution in [0.5, 0.6) is 0 Å². The first-order valence-electron chi connectivity index (χ1n) is 7.24. The van der Waals surface area contributed by atoms with Gasteiger partial charge in [-0.1, -0.05) is 11.6 Å². The maximum Gasteiger partial charge on any atom is 0.125 e. The van der Waals surface area contributed by atoms with Gasteiger partial charge in [-0.15, -0.1) is 11.6 Å². The summed E-state index contributed by atoms with van der Waals surface area (Å²) in [7, 11) is 0. The second-order valence-electron chi connectivity index (χ2n) is 5.77. The summed E-state index contributed by atoms with van der Waals surface area (Å²) in [6.07, 6.45) is 3.78. The lowest BCUT2D eigenvalue weighted by Gasteiger charge is -2.23. The predicted octanol–water partition coefficient (Wildman–Crippen LogP) is 3.84. The van der Waals surface area contributed by atoms with Gasteiger partial charge in [0.2, 0.25) is 0 Å². The SMILES string of the molecule is ClCc1nc2ccc(Cl)cc2n1C1CCN2CCCC12. The molecular formula is C15H17Cl2N3. The quantitative estimate of drug-likeness (QED) is 0.786. The van der Waals surface area contributed by atoms with Gasteiger partial charge in [0.25, 0.3) is 0 Å². The molecule has 2 saturated heterocycles. The molecule has 2 aliphatic rings. The minimum absolute atomic E-state index is 0.454. The number of aromatic nitrogens is 2. The number of rotatable bonds is 2. The number of hydrogen-bond acceptors (Lipinski definition) is 2. The van der Waals surface area contributed by atoms with Crippen molar-refractivity contribution in [3.05, 3.63) is 29.0 Å². The van der Waals surface area contributed by atoms with E-state index in [4.69, 9.17) is 23.2 Å². The predicted molar refractivity (Wildman–Crippen MR) is 82.5 cm³/mol. The number of alkyl halides is 1. The summed E-state index contributed by atoms with van der Waals surface area (Å²) in [5, 5.41) is 0.765. The molecule has 0 N–H and O–H groups in total. The first-order chi connectivity index (χ1) is 9.78. The summed E-state index contributed by atoms with van der Waals surface area (Å²) in [6, 6.07) is 7.06. The van der Waals surface area contributed by atoms with Crippen LogP contribution >= 0.6 is 23.2 Å². The summed E-state index contributed by atoms with van der Waals surface area (Å²) in [5.74, 6) is 1.43. The average molecular weight is 310 g/mol. The van der Waals surface area contributed by atoms with Gasteiger partial charge >= 0.3 is 0 Å². The molecule has 1 aromatic heterocycles. The van der Waals surface area contributed by atoms with Crippen molar-refractivity contribution in [2.24, 2.45) is 0 Å². The van der Waals surface area contributed by atoms with Gasteiger partial charge in [0.05, 0.1) is 23.0 Å². The highest BCUT2D eigenvalue weighted by Crippen LogP contribution is 2.39. The normalized spacial score (nSPS) is 26.5. The van der Waals surface area contributed by atoms with E-state index >= 15 is 0 Å². The zero-order valence-electron chi connectivity index (χ0n) is 11.2. The smallest absolute Gasteiger partial charge is 0.125 e. The number of benzene rings is 1. The molecule has 2 atom stereocenters. The molecule has 3 heterocycles. The Kier molecular flexibility index (Phi) is 3.17. The molecule has 0 spiro atoms. The van der Waals surface area contributed by atoms with Crippen LogP contribution in [0, 0.1) is 0 Å². The van der Waals surface area contributed by atoms with Crippen LogP contribution in [0.25, 0.3) is 11.0 Å². The van der Waals surface area contributed by atoms with Crippen LogP contribution in [0.1, 0.15) is 31.1 Å². The van der Waals surface area contributed by atoms with E-state index in [-0.39, 0.29) is 0 Å². The van der Waals surface area contributed by atoms with E-state index in [0.717, 1.165) is 21.9 Å². The Bertz CT molecular complexity index is 652. The average Bonchev–Trinajstić information content (AvgIpc) is 3.11. The maximum absolute atomic E-state index is 6.18. The number of fused-ring (bicyclic) bond motifs is 2. The molecule has 0 saturated carbocycles. The minimum Gasteiger partial charge on any atom is -0.322 e. The minimum atomic E-state index is 0.454. The highest BCUT2D eigenvalue weighted by molar-refractivity contribution is 6.31. The second kappa shape index (κ2) is 4.90. The summed E-state index contributed by atoms with van der Waals surface area (Å²) in [6.45, 7) is 2.43. The molecule has 2 fully saturated rings. The summed E-state index contributed by atoms with van der Waals surface area (Å²) in [4.78, 5) is 7.30. The Morgan fingerprint density at radius 3 is 2.95 bits per heavy atom. The summed E-state index contributed by atoms with van der Waals surface area (Å²) < 4.78 is 2.35. The molecule has 5 heteroatoms. The van der Waals surface area contributed by atoms with Crippen LogP contribution in [0.4, 0.5) is 0 Å². The monoisotopic (exact) mass is 309 g/mol. The van der Waals surface area contributed by atoms with Crippen molar-refractivity contribution in [2.45, 2.75) is 37.2 Å². The summed E-state index contributed by atoms with van der Waals surface area (Å²) in [5.41, 5.74) is 2.13. The van der Waals surface area contributed by atoms with Crippen LogP contribution in [0.3, 0.4) is 0 Å². The van der Waals surface area contributed by atoms with E-state index < -0.39 is 0 Å². The van der Waals surface area contributed by atoms with Gasteiger partial charge in [-0.25, -0.2) is 4.98 Å². The number of nitrogens with zero attached hydrogens (tertiary/aromatic N) is 3. The molecule has 1 aromatic carbocycles. The molecule has 0 bridgehead atoms. The van der Waals surface area contributed by atoms with E-state index in [9.17, 15) is 0 Å². The lowest BCUT2D eigenvalue weighted by Crippen LogP contribution is -2.28. The third-order valence-corrected chi connectivity index (χ3v) is 5.22. The van der Waals surface area contributed by atoms with Gasteiger partial charge in [-0.05, 0) is 44.0 Å². The molecule has 2 aromatic rings. The molecule has 2 unspecified atom stereocenters. The van der Waals surface area contributed by atoms with Crippen molar-refractivity contribution < 1.29 is 0 Å². The van der Waals surface area contributed by atoms with Crippen molar-refractivity contribution in [1.29, 1.82) is 0 Å². The van der Waals surface area contributed by atoms with Gasteiger partial charge in [0.15, 0.2) is 0 Å². The molecular weight excluding hydrogens is 293 g/mol. The first kappa shape index (κ1) is 12.9. The molecule has 3 nitrogen and oxygen atoms in total. The Morgan fingerprint density at radius 1 is 1.20 bits per heavy atom. The number of halogens is 2. The zero-order valence-corrected chi connectivity index (χ0v) is 12.7. The van der Waals surface area contributed by atoms with E-state index in [1.54, 1.807) is 0 Å². The Labute approximate surface area is 128 Å². The van der Waals surface area contributed by atoms with E-state index in [2.05, 4.69) is 14.5 Å². The van der Waals surface area contributed by atoms with E-state index in [0.29, 0.717) is 18.0 Å². The Hall–Kier alpha value is -0.770. The standard InChI is InChI=1S/C15H17Cl2N3/c16-9-15-18-11-4-3-10(17)8-14(11)20(15)13-5-7-19-6-1-2-12(13)19/h3-4,8,12-13H,1-2,5-7,9H2. The molecule has 0 aliphatic carbocycles. The lowest BCUT2D eigenvalue weighted by molar-refractivity contribution is 0.290. The third kappa shape index (κ3) is 1.87.